The quantitative estimate of drug-likeness (QED) is 0.790. The molecule has 0 aliphatic rings. The summed E-state index contributed by atoms with van der Waals surface area (Å²) in [4.78, 5) is 0. The van der Waals surface area contributed by atoms with E-state index >= 15 is 0 Å². The summed E-state index contributed by atoms with van der Waals surface area (Å²) in [6, 6.07) is 4.10. The summed E-state index contributed by atoms with van der Waals surface area (Å²) in [5, 5.41) is 8.51. The molecular weight excluding hydrogens is 235 g/mol. The number of nitrogens with zero attached hydrogens (tertiary/aromatic N) is 1. The van der Waals surface area contributed by atoms with E-state index in [4.69, 9.17) is 28.5 Å². The van der Waals surface area contributed by atoms with Crippen molar-refractivity contribution < 1.29 is 13.5 Å². The lowest BCUT2D eigenvalue weighted by Crippen LogP contribution is -2.02. The summed E-state index contributed by atoms with van der Waals surface area (Å²) in [6.07, 6.45) is 0. The second-order valence-corrected chi connectivity index (χ2v) is 3.07. The van der Waals surface area contributed by atoms with Gasteiger partial charge in [0, 0.05) is 11.1 Å². The Balaban J connectivity index is 3.17. The molecule has 1 aromatic carbocycles. The van der Waals surface area contributed by atoms with Gasteiger partial charge in [0.25, 0.3) is 0 Å². The average molecular weight is 238 g/mol. The number of ether oxygens (including phenoxy) is 1. The number of hydrogen-bond acceptors (Lipinski definition) is 2. The third kappa shape index (κ3) is 2.47. The molecule has 0 heterocycles. The molecule has 0 bridgehead atoms. The smallest absolute Gasteiger partial charge is 0.387 e. The van der Waals surface area contributed by atoms with Crippen LogP contribution in [0, 0.1) is 11.3 Å². The fraction of sp³-hybridized carbons (Fsp3) is 0.125. The summed E-state index contributed by atoms with van der Waals surface area (Å²) in [5.41, 5.74) is -0.00480. The lowest BCUT2D eigenvalue weighted by atomic mass is 10.2. The van der Waals surface area contributed by atoms with Crippen LogP contribution in [-0.2, 0) is 0 Å². The molecule has 0 fully saturated rings. The molecule has 0 saturated carbocycles. The Morgan fingerprint density at radius 3 is 2.50 bits per heavy atom. The molecule has 6 heteroatoms. The molecule has 1 aromatic rings. The largest absolute Gasteiger partial charge is 0.433 e. The Morgan fingerprint density at radius 1 is 1.36 bits per heavy atom. The Morgan fingerprint density at radius 2 is 2.00 bits per heavy atom. The molecule has 0 spiro atoms. The zero-order valence-electron chi connectivity index (χ0n) is 6.60. The molecule has 0 saturated heterocycles. The molecule has 0 N–H and O–H groups in total. The van der Waals surface area contributed by atoms with E-state index in [1.807, 2.05) is 0 Å². The van der Waals surface area contributed by atoms with Gasteiger partial charge in [-0.05, 0) is 6.07 Å². The molecule has 0 aliphatic carbocycles. The molecule has 0 unspecified atom stereocenters. The van der Waals surface area contributed by atoms with Crippen molar-refractivity contribution in [2.24, 2.45) is 0 Å². The molecule has 0 radical (unpaired) electrons. The average Bonchev–Trinajstić information content (AvgIpc) is 2.09. The maximum atomic E-state index is 11.9. The highest BCUT2D eigenvalue weighted by Crippen LogP contribution is 2.32. The van der Waals surface area contributed by atoms with Gasteiger partial charge < -0.3 is 4.74 Å². The fourth-order valence-corrected chi connectivity index (χ4v) is 1.23. The highest BCUT2D eigenvalue weighted by atomic mass is 35.5. The maximum Gasteiger partial charge on any atom is 0.387 e. The van der Waals surface area contributed by atoms with Crippen molar-refractivity contribution in [3.63, 3.8) is 0 Å². The van der Waals surface area contributed by atoms with E-state index in [2.05, 4.69) is 4.74 Å². The third-order valence-corrected chi connectivity index (χ3v) is 1.95. The van der Waals surface area contributed by atoms with E-state index in [0.717, 1.165) is 6.07 Å². The van der Waals surface area contributed by atoms with Crippen molar-refractivity contribution in [3.8, 4) is 11.8 Å². The number of benzene rings is 1. The molecule has 0 aliphatic heterocycles. The van der Waals surface area contributed by atoms with Gasteiger partial charge in [-0.2, -0.15) is 14.0 Å². The van der Waals surface area contributed by atoms with E-state index in [1.165, 1.54) is 6.07 Å². The maximum absolute atomic E-state index is 11.9. The minimum atomic E-state index is -3.00. The lowest BCUT2D eigenvalue weighted by Gasteiger charge is -2.07. The number of nitriles is 1. The second kappa shape index (κ2) is 4.45. The molecular formula is C8H3Cl2F2NO. The van der Waals surface area contributed by atoms with Gasteiger partial charge in [-0.3, -0.25) is 0 Å². The first-order valence-electron chi connectivity index (χ1n) is 3.38. The Kier molecular flexibility index (Phi) is 3.50. The normalized spacial score (nSPS) is 10.0. The zero-order valence-corrected chi connectivity index (χ0v) is 8.11. The highest BCUT2D eigenvalue weighted by Gasteiger charge is 2.13. The predicted molar refractivity (Wildman–Crippen MR) is 47.8 cm³/mol. The van der Waals surface area contributed by atoms with Gasteiger partial charge >= 0.3 is 6.61 Å². The molecule has 14 heavy (non-hydrogen) atoms. The third-order valence-electron chi connectivity index (χ3n) is 1.34. The van der Waals surface area contributed by atoms with Crippen LogP contribution in [0.25, 0.3) is 0 Å². The van der Waals surface area contributed by atoms with Gasteiger partial charge in [0.05, 0.1) is 5.56 Å². The molecule has 0 atom stereocenters. The second-order valence-electron chi connectivity index (χ2n) is 2.26. The monoisotopic (exact) mass is 237 g/mol. The summed E-state index contributed by atoms with van der Waals surface area (Å²) in [5.74, 6) is -0.300. The van der Waals surface area contributed by atoms with Gasteiger partial charge in [-0.15, -0.1) is 0 Å². The van der Waals surface area contributed by atoms with Gasteiger partial charge in [0.15, 0.2) is 0 Å². The first-order valence-corrected chi connectivity index (χ1v) is 4.14. The van der Waals surface area contributed by atoms with Gasteiger partial charge in [0.2, 0.25) is 0 Å². The van der Waals surface area contributed by atoms with E-state index in [1.54, 1.807) is 6.07 Å². The summed E-state index contributed by atoms with van der Waals surface area (Å²) in [7, 11) is 0. The molecule has 1 rings (SSSR count). The SMILES string of the molecule is N#Cc1cc(Cl)cc(OC(F)F)c1Cl. The zero-order chi connectivity index (χ0) is 10.7. The summed E-state index contributed by atoms with van der Waals surface area (Å²) >= 11 is 11.1. The first kappa shape index (κ1) is 11.0. The molecule has 74 valence electrons. The van der Waals surface area contributed by atoms with E-state index in [-0.39, 0.29) is 21.4 Å². The van der Waals surface area contributed by atoms with Gasteiger partial charge in [-0.25, -0.2) is 0 Å². The molecule has 0 aromatic heterocycles. The minimum absolute atomic E-state index is 0.00480. The van der Waals surface area contributed by atoms with Crippen LogP contribution in [0.1, 0.15) is 5.56 Å². The van der Waals surface area contributed by atoms with Crippen LogP contribution in [0.5, 0.6) is 5.75 Å². The van der Waals surface area contributed by atoms with Gasteiger partial charge in [0.1, 0.15) is 16.8 Å². The van der Waals surface area contributed by atoms with Gasteiger partial charge in [-0.1, -0.05) is 23.2 Å². The van der Waals surface area contributed by atoms with Crippen molar-refractivity contribution in [1.82, 2.24) is 0 Å². The summed E-state index contributed by atoms with van der Waals surface area (Å²) in [6.45, 7) is -3.00. The van der Waals surface area contributed by atoms with E-state index in [9.17, 15) is 8.78 Å². The van der Waals surface area contributed by atoms with Crippen LogP contribution >= 0.6 is 23.2 Å². The predicted octanol–water partition coefficient (Wildman–Crippen LogP) is 3.47. The topological polar surface area (TPSA) is 33.0 Å². The first-order chi connectivity index (χ1) is 6.54. The van der Waals surface area contributed by atoms with Crippen LogP contribution in [0.4, 0.5) is 8.78 Å². The molecule has 0 amide bonds. The van der Waals surface area contributed by atoms with Crippen LogP contribution < -0.4 is 4.74 Å². The standard InChI is InChI=1S/C8H3Cl2F2NO/c9-5-1-4(3-13)7(10)6(2-5)14-8(11)12/h1-2,8H. The van der Waals surface area contributed by atoms with Crippen LogP contribution in [0.2, 0.25) is 10.0 Å². The molecule has 2 nitrogen and oxygen atoms in total. The Labute approximate surface area is 88.6 Å². The van der Waals surface area contributed by atoms with Crippen molar-refractivity contribution in [3.05, 3.63) is 27.7 Å². The van der Waals surface area contributed by atoms with Crippen LogP contribution in [0.15, 0.2) is 12.1 Å². The summed E-state index contributed by atoms with van der Waals surface area (Å²) < 4.78 is 27.8. The fourth-order valence-electron chi connectivity index (χ4n) is 0.827. The highest BCUT2D eigenvalue weighted by molar-refractivity contribution is 6.35. The number of alkyl halides is 2. The van der Waals surface area contributed by atoms with Crippen molar-refractivity contribution in [2.45, 2.75) is 6.61 Å². The number of halogens is 4. The van der Waals surface area contributed by atoms with Crippen molar-refractivity contribution >= 4 is 23.2 Å². The van der Waals surface area contributed by atoms with Crippen molar-refractivity contribution in [1.29, 1.82) is 5.26 Å². The number of rotatable bonds is 2. The van der Waals surface area contributed by atoms with E-state index < -0.39 is 6.61 Å². The van der Waals surface area contributed by atoms with E-state index in [0.29, 0.717) is 0 Å². The Hall–Kier alpha value is -1.05. The van der Waals surface area contributed by atoms with Crippen LogP contribution in [-0.4, -0.2) is 6.61 Å². The minimum Gasteiger partial charge on any atom is -0.433 e. The Bertz CT molecular complexity index is 390. The lowest BCUT2D eigenvalue weighted by molar-refractivity contribution is -0.0497. The van der Waals surface area contributed by atoms with Crippen LogP contribution in [0.3, 0.4) is 0 Å². The number of hydrogen-bond donors (Lipinski definition) is 0. The van der Waals surface area contributed by atoms with Crippen molar-refractivity contribution in [2.75, 3.05) is 0 Å².